The van der Waals surface area contributed by atoms with E-state index in [4.69, 9.17) is 5.11 Å². The van der Waals surface area contributed by atoms with Crippen molar-refractivity contribution in [3.05, 3.63) is 24.0 Å². The van der Waals surface area contributed by atoms with Crippen molar-refractivity contribution < 1.29 is 9.50 Å². The third-order valence-electron chi connectivity index (χ3n) is 3.29. The highest BCUT2D eigenvalue weighted by molar-refractivity contribution is 5.47. The lowest BCUT2D eigenvalue weighted by atomic mass is 9.92. The van der Waals surface area contributed by atoms with Crippen molar-refractivity contribution in [1.82, 2.24) is 0 Å². The molecule has 2 rings (SSSR count). The minimum Gasteiger partial charge on any atom is -0.505 e. The van der Waals surface area contributed by atoms with Crippen molar-refractivity contribution in [2.24, 2.45) is 5.41 Å². The molecule has 0 aromatic heterocycles. The lowest BCUT2D eigenvalue weighted by Gasteiger charge is -2.18. The molecule has 3 heteroatoms. The normalized spacial score (nSPS) is 23.3. The highest BCUT2D eigenvalue weighted by atomic mass is 19.1. The van der Waals surface area contributed by atoms with Crippen LogP contribution >= 0.6 is 0 Å². The number of phenols is 1. The summed E-state index contributed by atoms with van der Waals surface area (Å²) >= 11 is 0. The van der Waals surface area contributed by atoms with Crippen LogP contribution < -0.4 is 5.32 Å². The van der Waals surface area contributed by atoms with E-state index < -0.39 is 5.82 Å². The second-order valence-electron chi connectivity index (χ2n) is 5.41. The van der Waals surface area contributed by atoms with Crippen molar-refractivity contribution in [3.63, 3.8) is 0 Å². The van der Waals surface area contributed by atoms with Gasteiger partial charge in [0, 0.05) is 17.8 Å². The Labute approximate surface area is 95.5 Å². The summed E-state index contributed by atoms with van der Waals surface area (Å²) in [5, 5.41) is 12.4. The van der Waals surface area contributed by atoms with Crippen molar-refractivity contribution in [3.8, 4) is 5.75 Å². The van der Waals surface area contributed by atoms with Crippen LogP contribution in [0.3, 0.4) is 0 Å². The monoisotopic (exact) mass is 223 g/mol. The van der Waals surface area contributed by atoms with E-state index in [-0.39, 0.29) is 5.75 Å². The van der Waals surface area contributed by atoms with E-state index in [0.29, 0.717) is 11.5 Å². The van der Waals surface area contributed by atoms with Gasteiger partial charge in [-0.3, -0.25) is 0 Å². The minimum absolute atomic E-state index is 0.294. The first-order valence-corrected chi connectivity index (χ1v) is 5.71. The summed E-state index contributed by atoms with van der Waals surface area (Å²) in [5.74, 6) is -0.862. The molecule has 16 heavy (non-hydrogen) atoms. The Morgan fingerprint density at radius 1 is 1.44 bits per heavy atom. The van der Waals surface area contributed by atoms with Crippen molar-refractivity contribution in [2.45, 2.75) is 39.2 Å². The van der Waals surface area contributed by atoms with Gasteiger partial charge in [0.15, 0.2) is 11.6 Å². The summed E-state index contributed by atoms with van der Waals surface area (Å²) < 4.78 is 13.1. The van der Waals surface area contributed by atoms with Crippen LogP contribution in [0.1, 0.15) is 33.1 Å². The molecule has 1 fully saturated rings. The van der Waals surface area contributed by atoms with Gasteiger partial charge in [0.05, 0.1) is 0 Å². The van der Waals surface area contributed by atoms with E-state index in [2.05, 4.69) is 19.2 Å². The zero-order chi connectivity index (χ0) is 11.8. The van der Waals surface area contributed by atoms with E-state index >= 15 is 0 Å². The van der Waals surface area contributed by atoms with Gasteiger partial charge in [-0.1, -0.05) is 13.8 Å². The van der Waals surface area contributed by atoms with E-state index in [1.165, 1.54) is 18.6 Å². The predicted octanol–water partition coefficient (Wildman–Crippen LogP) is 3.52. The molecular weight excluding hydrogens is 205 g/mol. The van der Waals surface area contributed by atoms with Gasteiger partial charge < -0.3 is 10.4 Å². The molecule has 0 aliphatic heterocycles. The Bertz CT molecular complexity index is 390. The smallest absolute Gasteiger partial charge is 0.166 e. The molecule has 1 saturated carbocycles. The number of anilines is 1. The third-order valence-corrected chi connectivity index (χ3v) is 3.29. The average Bonchev–Trinajstić information content (AvgIpc) is 2.52. The van der Waals surface area contributed by atoms with Gasteiger partial charge >= 0.3 is 0 Å². The fraction of sp³-hybridized carbons (Fsp3) is 0.538. The van der Waals surface area contributed by atoms with E-state index in [9.17, 15) is 4.39 Å². The van der Waals surface area contributed by atoms with Gasteiger partial charge in [0.2, 0.25) is 0 Å². The SMILES string of the molecule is CC1(C)CCC(Nc2ccc(O)c(F)c2)C1. The topological polar surface area (TPSA) is 32.3 Å². The number of hydrogen-bond donors (Lipinski definition) is 2. The van der Waals surface area contributed by atoms with Crippen molar-refractivity contribution in [1.29, 1.82) is 0 Å². The second-order valence-corrected chi connectivity index (χ2v) is 5.41. The summed E-state index contributed by atoms with van der Waals surface area (Å²) in [6.07, 6.45) is 3.43. The molecule has 1 aromatic rings. The van der Waals surface area contributed by atoms with Crippen LogP contribution in [0.2, 0.25) is 0 Å². The van der Waals surface area contributed by atoms with Gasteiger partial charge in [0.1, 0.15) is 0 Å². The first-order valence-electron chi connectivity index (χ1n) is 5.71. The zero-order valence-corrected chi connectivity index (χ0v) is 9.76. The molecule has 88 valence electrons. The molecule has 2 N–H and O–H groups in total. The molecule has 1 aliphatic rings. The lowest BCUT2D eigenvalue weighted by Crippen LogP contribution is -2.17. The number of phenolic OH excluding ortho intramolecular Hbond substituents is 1. The average molecular weight is 223 g/mol. The van der Waals surface area contributed by atoms with Crippen LogP contribution in [0.4, 0.5) is 10.1 Å². The maximum Gasteiger partial charge on any atom is 0.166 e. The Hall–Kier alpha value is -1.25. The van der Waals surface area contributed by atoms with Gasteiger partial charge in [0.25, 0.3) is 0 Å². The molecule has 1 unspecified atom stereocenters. The highest BCUT2D eigenvalue weighted by Crippen LogP contribution is 2.38. The molecule has 1 aromatic carbocycles. The minimum atomic E-state index is -0.567. The first-order chi connectivity index (χ1) is 7.46. The molecule has 0 bridgehead atoms. The fourth-order valence-electron chi connectivity index (χ4n) is 2.39. The quantitative estimate of drug-likeness (QED) is 0.752. The zero-order valence-electron chi connectivity index (χ0n) is 9.76. The summed E-state index contributed by atoms with van der Waals surface area (Å²) in [6, 6.07) is 4.86. The largest absolute Gasteiger partial charge is 0.505 e. The number of nitrogens with one attached hydrogen (secondary N) is 1. The van der Waals surface area contributed by atoms with Crippen LogP contribution in [-0.4, -0.2) is 11.1 Å². The third kappa shape index (κ3) is 2.46. The molecule has 1 atom stereocenters. The fourth-order valence-corrected chi connectivity index (χ4v) is 2.39. The molecule has 0 radical (unpaired) electrons. The number of aromatic hydroxyl groups is 1. The second kappa shape index (κ2) is 3.96. The summed E-state index contributed by atoms with van der Waals surface area (Å²) in [4.78, 5) is 0. The van der Waals surface area contributed by atoms with E-state index in [0.717, 1.165) is 18.5 Å². The molecule has 2 nitrogen and oxygen atoms in total. The number of hydrogen-bond acceptors (Lipinski definition) is 2. The van der Waals surface area contributed by atoms with Crippen LogP contribution in [0.25, 0.3) is 0 Å². The number of benzene rings is 1. The van der Waals surface area contributed by atoms with Gasteiger partial charge in [-0.2, -0.15) is 0 Å². The van der Waals surface area contributed by atoms with Crippen LogP contribution in [-0.2, 0) is 0 Å². The van der Waals surface area contributed by atoms with Gasteiger partial charge in [-0.05, 0) is 36.8 Å². The molecule has 0 heterocycles. The van der Waals surface area contributed by atoms with Crippen LogP contribution in [0, 0.1) is 11.2 Å². The summed E-state index contributed by atoms with van der Waals surface area (Å²) in [6.45, 7) is 4.51. The standard InChI is InChI=1S/C13H18FNO/c1-13(2)6-5-10(8-13)15-9-3-4-12(16)11(14)7-9/h3-4,7,10,15-16H,5-6,8H2,1-2H3. The molecule has 0 spiro atoms. The van der Waals surface area contributed by atoms with E-state index in [1.54, 1.807) is 6.07 Å². The summed E-state index contributed by atoms with van der Waals surface area (Å²) in [5.41, 5.74) is 1.13. The lowest BCUT2D eigenvalue weighted by molar-refractivity contribution is 0.378. The Balaban J connectivity index is 2.02. The molecular formula is C13H18FNO. The Kier molecular flexibility index (Phi) is 2.78. The number of rotatable bonds is 2. The van der Waals surface area contributed by atoms with Gasteiger partial charge in [-0.15, -0.1) is 0 Å². The van der Waals surface area contributed by atoms with Crippen LogP contribution in [0.5, 0.6) is 5.75 Å². The predicted molar refractivity (Wildman–Crippen MR) is 63.1 cm³/mol. The maximum atomic E-state index is 13.1. The van der Waals surface area contributed by atoms with Crippen molar-refractivity contribution in [2.75, 3.05) is 5.32 Å². The summed E-state index contributed by atoms with van der Waals surface area (Å²) in [7, 11) is 0. The van der Waals surface area contributed by atoms with Crippen LogP contribution in [0.15, 0.2) is 18.2 Å². The molecule has 0 amide bonds. The first kappa shape index (κ1) is 11.2. The Morgan fingerprint density at radius 3 is 2.75 bits per heavy atom. The van der Waals surface area contributed by atoms with Crippen molar-refractivity contribution >= 4 is 5.69 Å². The Morgan fingerprint density at radius 2 is 2.19 bits per heavy atom. The van der Waals surface area contributed by atoms with Gasteiger partial charge in [-0.25, -0.2) is 4.39 Å². The molecule has 0 saturated heterocycles. The molecule has 1 aliphatic carbocycles. The van der Waals surface area contributed by atoms with E-state index in [1.807, 2.05) is 0 Å². The number of halogens is 1. The highest BCUT2D eigenvalue weighted by Gasteiger charge is 2.30. The maximum absolute atomic E-state index is 13.1.